The van der Waals surface area contributed by atoms with Crippen LogP contribution < -0.4 is 5.73 Å². The Morgan fingerprint density at radius 2 is 2.05 bits per heavy atom. The van der Waals surface area contributed by atoms with E-state index >= 15 is 0 Å². The van der Waals surface area contributed by atoms with Crippen LogP contribution in [0.5, 0.6) is 0 Å². The zero-order chi connectivity index (χ0) is 14.8. The molecule has 21 heavy (non-hydrogen) atoms. The summed E-state index contributed by atoms with van der Waals surface area (Å²) in [5.74, 6) is 0. The number of aromatic amines is 1. The average Bonchev–Trinajstić information content (AvgIpc) is 3.03. The summed E-state index contributed by atoms with van der Waals surface area (Å²) in [6.07, 6.45) is 3.19. The highest BCUT2D eigenvalue weighted by Gasteiger charge is 2.14. The lowest BCUT2D eigenvalue weighted by molar-refractivity contribution is 0.748. The van der Waals surface area contributed by atoms with Crippen molar-refractivity contribution in [3.8, 4) is 10.6 Å². The minimum atomic E-state index is 0.747. The van der Waals surface area contributed by atoms with Crippen LogP contribution in [0.15, 0.2) is 30.3 Å². The summed E-state index contributed by atoms with van der Waals surface area (Å²) >= 11 is 8.00. The van der Waals surface area contributed by atoms with Gasteiger partial charge in [0.15, 0.2) is 0 Å². The van der Waals surface area contributed by atoms with Gasteiger partial charge in [0.05, 0.1) is 10.6 Å². The normalized spacial score (nSPS) is 11.4. The number of nitrogens with two attached hydrogens (primary N) is 1. The summed E-state index contributed by atoms with van der Waals surface area (Å²) < 4.78 is 0. The van der Waals surface area contributed by atoms with Crippen molar-refractivity contribution in [2.24, 2.45) is 5.73 Å². The molecule has 1 aromatic carbocycles. The lowest BCUT2D eigenvalue weighted by atomic mass is 10.0. The molecule has 3 aromatic rings. The van der Waals surface area contributed by atoms with E-state index in [1.807, 2.05) is 17.4 Å². The number of hydrogen-bond acceptors (Lipinski definition) is 2. The second kappa shape index (κ2) is 6.22. The first-order valence-electron chi connectivity index (χ1n) is 7.26. The van der Waals surface area contributed by atoms with Gasteiger partial charge in [-0.05, 0) is 68.6 Å². The van der Waals surface area contributed by atoms with Crippen LogP contribution in [-0.4, -0.2) is 11.5 Å². The second-order valence-corrected chi connectivity index (χ2v) is 7.05. The molecule has 0 aliphatic rings. The predicted octanol–water partition coefficient (Wildman–Crippen LogP) is 5.14. The zero-order valence-corrected chi connectivity index (χ0v) is 13.7. The molecule has 0 amide bonds. The molecular formula is C17H19ClN2S. The number of halogens is 1. The van der Waals surface area contributed by atoms with Crippen molar-refractivity contribution in [1.29, 1.82) is 0 Å². The summed E-state index contributed by atoms with van der Waals surface area (Å²) in [5.41, 5.74) is 9.39. The number of nitrogens with one attached hydrogen (secondary N) is 1. The molecule has 0 atom stereocenters. The molecule has 3 rings (SSSR count). The second-order valence-electron chi connectivity index (χ2n) is 5.32. The first-order chi connectivity index (χ1) is 10.2. The van der Waals surface area contributed by atoms with Gasteiger partial charge in [-0.15, -0.1) is 11.3 Å². The van der Waals surface area contributed by atoms with Gasteiger partial charge in [0.2, 0.25) is 0 Å². The minimum Gasteiger partial charge on any atom is -0.354 e. The van der Waals surface area contributed by atoms with Crippen LogP contribution >= 0.6 is 22.9 Å². The van der Waals surface area contributed by atoms with E-state index in [1.165, 1.54) is 26.4 Å². The number of fused-ring (bicyclic) bond motifs is 1. The molecule has 0 fully saturated rings. The van der Waals surface area contributed by atoms with Gasteiger partial charge in [0, 0.05) is 20.8 Å². The Bertz CT molecular complexity index is 757. The average molecular weight is 319 g/mol. The smallest absolute Gasteiger partial charge is 0.0598 e. The molecular weight excluding hydrogens is 300 g/mol. The number of thiophene rings is 1. The van der Waals surface area contributed by atoms with Gasteiger partial charge >= 0.3 is 0 Å². The van der Waals surface area contributed by atoms with Crippen molar-refractivity contribution < 1.29 is 0 Å². The van der Waals surface area contributed by atoms with E-state index in [-0.39, 0.29) is 0 Å². The van der Waals surface area contributed by atoms with Gasteiger partial charge in [-0.25, -0.2) is 0 Å². The number of rotatable bonds is 5. The SMILES string of the molecule is Cc1ccc(-c2[nH]c3ccc(Cl)cc3c2CCCCN)s1. The lowest BCUT2D eigenvalue weighted by Gasteiger charge is -2.03. The third-order valence-electron chi connectivity index (χ3n) is 3.74. The number of hydrogen-bond donors (Lipinski definition) is 2. The molecule has 2 nitrogen and oxygen atoms in total. The predicted molar refractivity (Wildman–Crippen MR) is 93.4 cm³/mol. The molecule has 0 saturated heterocycles. The van der Waals surface area contributed by atoms with E-state index in [4.69, 9.17) is 17.3 Å². The van der Waals surface area contributed by atoms with Crippen LogP contribution in [0.4, 0.5) is 0 Å². The molecule has 0 spiro atoms. The van der Waals surface area contributed by atoms with E-state index < -0.39 is 0 Å². The fraction of sp³-hybridized carbons (Fsp3) is 0.294. The van der Waals surface area contributed by atoms with Crippen LogP contribution in [-0.2, 0) is 6.42 Å². The van der Waals surface area contributed by atoms with Crippen LogP contribution in [0.25, 0.3) is 21.5 Å². The molecule has 3 N–H and O–H groups in total. The molecule has 0 aliphatic heterocycles. The van der Waals surface area contributed by atoms with E-state index in [9.17, 15) is 0 Å². The quantitative estimate of drug-likeness (QED) is 0.628. The molecule has 2 aromatic heterocycles. The van der Waals surface area contributed by atoms with Crippen molar-refractivity contribution >= 4 is 33.8 Å². The lowest BCUT2D eigenvalue weighted by Crippen LogP contribution is -1.99. The Labute approximate surface area is 133 Å². The molecule has 0 radical (unpaired) electrons. The van der Waals surface area contributed by atoms with Crippen molar-refractivity contribution in [2.45, 2.75) is 26.2 Å². The maximum Gasteiger partial charge on any atom is 0.0598 e. The van der Waals surface area contributed by atoms with Gasteiger partial charge in [0.25, 0.3) is 0 Å². The zero-order valence-electron chi connectivity index (χ0n) is 12.1. The molecule has 0 bridgehead atoms. The molecule has 0 aliphatic carbocycles. The highest BCUT2D eigenvalue weighted by molar-refractivity contribution is 7.15. The monoisotopic (exact) mass is 318 g/mol. The minimum absolute atomic E-state index is 0.747. The maximum atomic E-state index is 6.18. The molecule has 2 heterocycles. The Balaban J connectivity index is 2.10. The molecule has 0 unspecified atom stereocenters. The van der Waals surface area contributed by atoms with E-state index in [1.54, 1.807) is 0 Å². The van der Waals surface area contributed by atoms with Gasteiger partial charge in [0.1, 0.15) is 0 Å². The number of H-pyrrole nitrogens is 1. The number of aromatic nitrogens is 1. The van der Waals surface area contributed by atoms with Crippen molar-refractivity contribution in [3.63, 3.8) is 0 Å². The number of aryl methyl sites for hydroxylation is 2. The van der Waals surface area contributed by atoms with Crippen LogP contribution in [0, 0.1) is 6.92 Å². The van der Waals surface area contributed by atoms with Gasteiger partial charge in [-0.1, -0.05) is 11.6 Å². The van der Waals surface area contributed by atoms with Crippen LogP contribution in [0.2, 0.25) is 5.02 Å². The van der Waals surface area contributed by atoms with E-state index in [2.05, 4.69) is 36.2 Å². The fourth-order valence-corrected chi connectivity index (χ4v) is 3.77. The van der Waals surface area contributed by atoms with Crippen LogP contribution in [0.1, 0.15) is 23.3 Å². The van der Waals surface area contributed by atoms with Crippen molar-refractivity contribution in [1.82, 2.24) is 4.98 Å². The first-order valence-corrected chi connectivity index (χ1v) is 8.45. The summed E-state index contributed by atoms with van der Waals surface area (Å²) in [4.78, 5) is 6.19. The highest BCUT2D eigenvalue weighted by Crippen LogP contribution is 2.36. The Hall–Kier alpha value is -1.29. The number of benzene rings is 1. The Morgan fingerprint density at radius 1 is 1.19 bits per heavy atom. The largest absolute Gasteiger partial charge is 0.354 e. The Morgan fingerprint density at radius 3 is 2.76 bits per heavy atom. The van der Waals surface area contributed by atoms with Gasteiger partial charge in [-0.3, -0.25) is 0 Å². The van der Waals surface area contributed by atoms with Gasteiger partial charge < -0.3 is 10.7 Å². The van der Waals surface area contributed by atoms with Crippen molar-refractivity contribution in [2.75, 3.05) is 6.54 Å². The maximum absolute atomic E-state index is 6.18. The summed E-state index contributed by atoms with van der Waals surface area (Å²) in [6, 6.07) is 10.4. The van der Waals surface area contributed by atoms with E-state index in [0.29, 0.717) is 0 Å². The summed E-state index contributed by atoms with van der Waals surface area (Å²) in [5, 5.41) is 2.02. The number of unbranched alkanes of at least 4 members (excludes halogenated alkanes) is 1. The summed E-state index contributed by atoms with van der Waals surface area (Å²) in [7, 11) is 0. The molecule has 0 saturated carbocycles. The molecule has 110 valence electrons. The standard InChI is InChI=1S/C17H19ClN2S/c1-11-5-8-16(21-11)17-13(4-2-3-9-19)14-10-12(18)6-7-15(14)20-17/h5-8,10,20H,2-4,9,19H2,1H3. The van der Waals surface area contributed by atoms with Crippen LogP contribution in [0.3, 0.4) is 0 Å². The summed E-state index contributed by atoms with van der Waals surface area (Å²) in [6.45, 7) is 2.89. The first kappa shape index (κ1) is 14.6. The Kier molecular flexibility index (Phi) is 4.34. The topological polar surface area (TPSA) is 41.8 Å². The highest BCUT2D eigenvalue weighted by atomic mass is 35.5. The van der Waals surface area contributed by atoms with Gasteiger partial charge in [-0.2, -0.15) is 0 Å². The van der Waals surface area contributed by atoms with E-state index in [0.717, 1.165) is 36.3 Å². The molecule has 4 heteroatoms. The third kappa shape index (κ3) is 3.00. The fourth-order valence-electron chi connectivity index (χ4n) is 2.70. The third-order valence-corrected chi connectivity index (χ3v) is 4.99. The van der Waals surface area contributed by atoms with Crippen molar-refractivity contribution in [3.05, 3.63) is 45.8 Å².